The van der Waals surface area contributed by atoms with Crippen molar-refractivity contribution in [3.63, 3.8) is 0 Å². The first kappa shape index (κ1) is 15.5. The van der Waals surface area contributed by atoms with E-state index < -0.39 is 10.8 Å². The van der Waals surface area contributed by atoms with E-state index in [9.17, 15) is 4.21 Å². The van der Waals surface area contributed by atoms with Crippen LogP contribution in [-0.4, -0.2) is 29.7 Å². The van der Waals surface area contributed by atoms with Gasteiger partial charge in [0.05, 0.1) is 23.2 Å². The molecule has 0 radical (unpaired) electrons. The lowest BCUT2D eigenvalue weighted by Crippen LogP contribution is -2.44. The van der Waals surface area contributed by atoms with Crippen molar-refractivity contribution in [2.75, 3.05) is 14.2 Å². The molecule has 0 bridgehead atoms. The van der Waals surface area contributed by atoms with E-state index in [2.05, 4.69) is 12.2 Å². The minimum absolute atomic E-state index is 0.215. The van der Waals surface area contributed by atoms with E-state index >= 15 is 0 Å². The molecule has 2 rings (SSSR count). The lowest BCUT2D eigenvalue weighted by atomic mass is 9.84. The van der Waals surface area contributed by atoms with Gasteiger partial charge in [0.15, 0.2) is 0 Å². The Morgan fingerprint density at radius 1 is 1.30 bits per heavy atom. The molecule has 20 heavy (non-hydrogen) atoms. The monoisotopic (exact) mass is 295 g/mol. The second kappa shape index (κ2) is 7.23. The van der Waals surface area contributed by atoms with Crippen molar-refractivity contribution < 1.29 is 8.95 Å². The van der Waals surface area contributed by atoms with E-state index in [1.807, 2.05) is 31.3 Å². The first-order valence-electron chi connectivity index (χ1n) is 7.41. The minimum atomic E-state index is -0.950. The van der Waals surface area contributed by atoms with Gasteiger partial charge < -0.3 is 10.1 Å². The molecule has 1 aliphatic rings. The Hall–Kier alpha value is -0.870. The zero-order valence-corrected chi connectivity index (χ0v) is 13.4. The van der Waals surface area contributed by atoms with E-state index in [1.165, 1.54) is 12.8 Å². The first-order valence-corrected chi connectivity index (χ1v) is 8.62. The van der Waals surface area contributed by atoms with Gasteiger partial charge in [-0.2, -0.15) is 0 Å². The third-order valence-electron chi connectivity index (χ3n) is 4.42. The second-order valence-electron chi connectivity index (χ2n) is 5.49. The van der Waals surface area contributed by atoms with Crippen LogP contribution in [0.2, 0.25) is 0 Å². The third-order valence-corrected chi connectivity index (χ3v) is 6.22. The highest BCUT2D eigenvalue weighted by Gasteiger charge is 2.33. The molecule has 4 unspecified atom stereocenters. The van der Waals surface area contributed by atoms with E-state index in [4.69, 9.17) is 4.74 Å². The highest BCUT2D eigenvalue weighted by molar-refractivity contribution is 7.85. The maximum atomic E-state index is 12.9. The molecule has 0 saturated heterocycles. The van der Waals surface area contributed by atoms with Crippen molar-refractivity contribution in [2.45, 2.75) is 48.8 Å². The molecule has 0 heterocycles. The number of rotatable bonds is 5. The van der Waals surface area contributed by atoms with Crippen LogP contribution in [-0.2, 0) is 10.8 Å². The van der Waals surface area contributed by atoms with E-state index in [0.717, 1.165) is 23.5 Å². The summed E-state index contributed by atoms with van der Waals surface area (Å²) in [5.41, 5.74) is 0. The summed E-state index contributed by atoms with van der Waals surface area (Å²) in [6.07, 6.45) is 4.62. The molecular weight excluding hydrogens is 270 g/mol. The zero-order chi connectivity index (χ0) is 14.5. The molecule has 1 aromatic rings. The summed E-state index contributed by atoms with van der Waals surface area (Å²) in [7, 11) is 2.68. The predicted octanol–water partition coefficient (Wildman–Crippen LogP) is 2.97. The fraction of sp³-hybridized carbons (Fsp3) is 0.625. The quantitative estimate of drug-likeness (QED) is 0.907. The zero-order valence-electron chi connectivity index (χ0n) is 12.6. The molecule has 0 aliphatic heterocycles. The van der Waals surface area contributed by atoms with Crippen LogP contribution >= 0.6 is 0 Å². The SMILES string of the molecule is CCC1CCC(NC)C(S(=O)c2ccc(OC)cc2)C1. The summed E-state index contributed by atoms with van der Waals surface area (Å²) in [6, 6.07) is 8.00. The van der Waals surface area contributed by atoms with Gasteiger partial charge in [0.2, 0.25) is 0 Å². The Morgan fingerprint density at radius 2 is 2.00 bits per heavy atom. The maximum Gasteiger partial charge on any atom is 0.118 e. The van der Waals surface area contributed by atoms with Crippen LogP contribution in [0.1, 0.15) is 32.6 Å². The van der Waals surface area contributed by atoms with Crippen molar-refractivity contribution >= 4 is 10.8 Å². The van der Waals surface area contributed by atoms with Gasteiger partial charge in [0.1, 0.15) is 5.75 Å². The topological polar surface area (TPSA) is 38.3 Å². The summed E-state index contributed by atoms with van der Waals surface area (Å²) in [5.74, 6) is 1.53. The molecule has 1 fully saturated rings. The number of hydrogen-bond donors (Lipinski definition) is 1. The Balaban J connectivity index is 2.15. The molecule has 0 spiro atoms. The van der Waals surface area contributed by atoms with Gasteiger partial charge in [-0.15, -0.1) is 0 Å². The smallest absolute Gasteiger partial charge is 0.118 e. The van der Waals surface area contributed by atoms with Gasteiger partial charge in [-0.1, -0.05) is 13.3 Å². The van der Waals surface area contributed by atoms with Crippen molar-refractivity contribution in [3.05, 3.63) is 24.3 Å². The van der Waals surface area contributed by atoms with E-state index in [1.54, 1.807) is 7.11 Å². The summed E-state index contributed by atoms with van der Waals surface area (Å²) in [5, 5.41) is 3.57. The number of ether oxygens (including phenoxy) is 1. The van der Waals surface area contributed by atoms with Crippen LogP contribution in [0.25, 0.3) is 0 Å². The molecule has 1 saturated carbocycles. The standard InChI is InChI=1S/C16H25NO2S/c1-4-12-5-10-15(17-2)16(11-12)20(18)14-8-6-13(19-3)7-9-14/h6-9,12,15-17H,4-5,10-11H2,1-3H3. The molecule has 3 nitrogen and oxygen atoms in total. The first-order chi connectivity index (χ1) is 9.69. The minimum Gasteiger partial charge on any atom is -0.497 e. The average Bonchev–Trinajstić information content (AvgIpc) is 2.53. The number of nitrogens with one attached hydrogen (secondary N) is 1. The summed E-state index contributed by atoms with van der Waals surface area (Å²) >= 11 is 0. The Bertz CT molecular complexity index is 446. The van der Waals surface area contributed by atoms with Gasteiger partial charge in [0.25, 0.3) is 0 Å². The van der Waals surface area contributed by atoms with Crippen LogP contribution in [0, 0.1) is 5.92 Å². The second-order valence-corrected chi connectivity index (χ2v) is 7.17. The fourth-order valence-electron chi connectivity index (χ4n) is 3.03. The number of hydrogen-bond acceptors (Lipinski definition) is 3. The van der Waals surface area contributed by atoms with Gasteiger partial charge in [-0.3, -0.25) is 4.21 Å². The molecule has 4 atom stereocenters. The largest absolute Gasteiger partial charge is 0.497 e. The van der Waals surface area contributed by atoms with E-state index in [0.29, 0.717) is 12.0 Å². The molecule has 1 N–H and O–H groups in total. The molecule has 112 valence electrons. The highest BCUT2D eigenvalue weighted by Crippen LogP contribution is 2.32. The molecule has 1 aliphatic carbocycles. The fourth-order valence-corrected chi connectivity index (χ4v) is 4.81. The molecular formula is C16H25NO2S. The number of benzene rings is 1. The molecule has 4 heteroatoms. The Labute approximate surface area is 124 Å². The van der Waals surface area contributed by atoms with Crippen LogP contribution in [0.4, 0.5) is 0 Å². The van der Waals surface area contributed by atoms with Gasteiger partial charge in [-0.25, -0.2) is 0 Å². The van der Waals surface area contributed by atoms with Crippen molar-refractivity contribution in [2.24, 2.45) is 5.92 Å². The van der Waals surface area contributed by atoms with Gasteiger partial charge in [-0.05, 0) is 56.5 Å². The summed E-state index contributed by atoms with van der Waals surface area (Å²) in [4.78, 5) is 0.910. The van der Waals surface area contributed by atoms with Crippen molar-refractivity contribution in [1.82, 2.24) is 5.32 Å². The average molecular weight is 295 g/mol. The normalized spacial score (nSPS) is 28.1. The molecule has 0 aromatic heterocycles. The van der Waals surface area contributed by atoms with E-state index in [-0.39, 0.29) is 5.25 Å². The lowest BCUT2D eigenvalue weighted by Gasteiger charge is -2.35. The Morgan fingerprint density at radius 3 is 2.55 bits per heavy atom. The van der Waals surface area contributed by atoms with Crippen LogP contribution in [0.5, 0.6) is 5.75 Å². The lowest BCUT2D eigenvalue weighted by molar-refractivity contribution is 0.301. The molecule has 0 amide bonds. The van der Waals surface area contributed by atoms with Crippen molar-refractivity contribution in [1.29, 1.82) is 0 Å². The maximum absolute atomic E-state index is 12.9. The Kier molecular flexibility index (Phi) is 5.61. The van der Waals surface area contributed by atoms with Gasteiger partial charge in [0, 0.05) is 10.9 Å². The molecule has 1 aromatic carbocycles. The van der Waals surface area contributed by atoms with Gasteiger partial charge >= 0.3 is 0 Å². The van der Waals surface area contributed by atoms with Crippen LogP contribution in [0.3, 0.4) is 0 Å². The predicted molar refractivity (Wildman–Crippen MR) is 83.7 cm³/mol. The third kappa shape index (κ3) is 3.41. The van der Waals surface area contributed by atoms with Crippen molar-refractivity contribution in [3.8, 4) is 5.75 Å². The summed E-state index contributed by atoms with van der Waals surface area (Å²) in [6.45, 7) is 2.23. The van der Waals surface area contributed by atoms with Crippen LogP contribution in [0.15, 0.2) is 29.2 Å². The highest BCUT2D eigenvalue weighted by atomic mass is 32.2. The number of methoxy groups -OCH3 is 1. The summed E-state index contributed by atoms with van der Waals surface area (Å²) < 4.78 is 18.0. The van der Waals surface area contributed by atoms with Crippen LogP contribution < -0.4 is 10.1 Å².